The summed E-state index contributed by atoms with van der Waals surface area (Å²) in [5.74, 6) is 0. The average molecular weight is 389 g/mol. The van der Waals surface area contributed by atoms with Gasteiger partial charge in [-0.15, -0.1) is 11.3 Å². The van der Waals surface area contributed by atoms with E-state index in [4.69, 9.17) is 0 Å². The topological polar surface area (TPSA) is 12.0 Å². The maximum Gasteiger partial charge on any atom is 0.0320 e. The van der Waals surface area contributed by atoms with Crippen LogP contribution in [-0.4, -0.2) is 0 Å². The molecule has 0 radical (unpaired) electrons. The molecule has 18 heavy (non-hydrogen) atoms. The molecular formula is C14H15Br2NS. The lowest BCUT2D eigenvalue weighted by Gasteiger charge is -2.06. The third kappa shape index (κ3) is 3.67. The zero-order valence-electron chi connectivity index (χ0n) is 10.2. The highest BCUT2D eigenvalue weighted by Crippen LogP contribution is 2.24. The molecule has 0 atom stereocenters. The lowest BCUT2D eigenvalue weighted by Crippen LogP contribution is -2.12. The fourth-order valence-electron chi connectivity index (χ4n) is 1.81. The van der Waals surface area contributed by atoms with Crippen molar-refractivity contribution in [1.82, 2.24) is 5.32 Å². The summed E-state index contributed by atoms with van der Waals surface area (Å²) in [6.45, 7) is 4.05. The molecule has 0 saturated carbocycles. The predicted octanol–water partition coefficient (Wildman–Crippen LogP) is 5.13. The van der Waals surface area contributed by atoms with E-state index in [9.17, 15) is 0 Å². The van der Waals surface area contributed by atoms with Crippen molar-refractivity contribution in [2.75, 3.05) is 0 Å². The van der Waals surface area contributed by atoms with Crippen molar-refractivity contribution in [3.05, 3.63) is 54.6 Å². The Morgan fingerprint density at radius 3 is 2.67 bits per heavy atom. The Kier molecular flexibility index (Phi) is 5.42. The molecule has 1 N–H and O–H groups in total. The van der Waals surface area contributed by atoms with Crippen LogP contribution in [0.2, 0.25) is 0 Å². The van der Waals surface area contributed by atoms with Crippen molar-refractivity contribution in [2.45, 2.75) is 26.4 Å². The Balaban J connectivity index is 1.90. The molecule has 1 aromatic carbocycles. The first-order valence-electron chi connectivity index (χ1n) is 5.90. The van der Waals surface area contributed by atoms with Gasteiger partial charge in [0.1, 0.15) is 0 Å². The van der Waals surface area contributed by atoms with Gasteiger partial charge in [0.05, 0.1) is 0 Å². The Morgan fingerprint density at radius 2 is 1.94 bits per heavy atom. The van der Waals surface area contributed by atoms with Crippen LogP contribution in [0.5, 0.6) is 0 Å². The zero-order valence-corrected chi connectivity index (χ0v) is 14.2. The van der Waals surface area contributed by atoms with Gasteiger partial charge < -0.3 is 5.32 Å². The molecule has 0 unspecified atom stereocenters. The highest BCUT2D eigenvalue weighted by Gasteiger charge is 2.02. The van der Waals surface area contributed by atoms with E-state index in [2.05, 4.69) is 73.7 Å². The molecule has 4 heteroatoms. The van der Waals surface area contributed by atoms with Gasteiger partial charge in [0.15, 0.2) is 0 Å². The average Bonchev–Trinajstić information content (AvgIpc) is 2.81. The van der Waals surface area contributed by atoms with Gasteiger partial charge >= 0.3 is 0 Å². The van der Waals surface area contributed by atoms with Gasteiger partial charge in [-0.2, -0.15) is 0 Å². The Labute approximate surface area is 129 Å². The SMILES string of the molecule is CCc1ccsc1CNCc1ccc(Br)c(Br)c1. The first kappa shape index (κ1) is 14.3. The van der Waals surface area contributed by atoms with Crippen molar-refractivity contribution < 1.29 is 0 Å². The number of hydrogen-bond acceptors (Lipinski definition) is 2. The molecule has 0 bridgehead atoms. The van der Waals surface area contributed by atoms with Crippen LogP contribution < -0.4 is 5.32 Å². The molecule has 2 aromatic rings. The number of rotatable bonds is 5. The summed E-state index contributed by atoms with van der Waals surface area (Å²) in [7, 11) is 0. The van der Waals surface area contributed by atoms with Crippen LogP contribution in [0.3, 0.4) is 0 Å². The fourth-order valence-corrected chi connectivity index (χ4v) is 3.43. The molecule has 96 valence electrons. The summed E-state index contributed by atoms with van der Waals surface area (Å²) in [6, 6.07) is 8.57. The summed E-state index contributed by atoms with van der Waals surface area (Å²) in [5, 5.41) is 5.67. The molecule has 0 aliphatic rings. The minimum Gasteiger partial charge on any atom is -0.308 e. The summed E-state index contributed by atoms with van der Waals surface area (Å²) in [5.41, 5.74) is 2.75. The molecule has 1 heterocycles. The van der Waals surface area contributed by atoms with E-state index in [1.165, 1.54) is 16.0 Å². The molecule has 0 fully saturated rings. The quantitative estimate of drug-likeness (QED) is 0.748. The van der Waals surface area contributed by atoms with Crippen LogP contribution in [0.1, 0.15) is 22.9 Å². The Bertz CT molecular complexity index is 522. The Hall–Kier alpha value is -0.160. The smallest absolute Gasteiger partial charge is 0.0320 e. The zero-order chi connectivity index (χ0) is 13.0. The van der Waals surface area contributed by atoms with Crippen LogP contribution in [0.4, 0.5) is 0 Å². The number of nitrogens with one attached hydrogen (secondary N) is 1. The molecule has 0 aliphatic carbocycles. The third-order valence-corrected chi connectivity index (χ3v) is 5.66. The minimum atomic E-state index is 0.896. The molecule has 0 saturated heterocycles. The van der Waals surface area contributed by atoms with E-state index < -0.39 is 0 Å². The lowest BCUT2D eigenvalue weighted by atomic mass is 10.2. The monoisotopic (exact) mass is 387 g/mol. The van der Waals surface area contributed by atoms with Gasteiger partial charge in [-0.05, 0) is 73.0 Å². The lowest BCUT2D eigenvalue weighted by molar-refractivity contribution is 0.696. The van der Waals surface area contributed by atoms with Crippen LogP contribution >= 0.6 is 43.2 Å². The van der Waals surface area contributed by atoms with Gasteiger partial charge in [0.25, 0.3) is 0 Å². The van der Waals surface area contributed by atoms with Crippen LogP contribution in [-0.2, 0) is 19.5 Å². The number of thiophene rings is 1. The van der Waals surface area contributed by atoms with Crippen molar-refractivity contribution in [3.8, 4) is 0 Å². The van der Waals surface area contributed by atoms with Crippen molar-refractivity contribution in [2.24, 2.45) is 0 Å². The molecule has 0 aliphatic heterocycles. The van der Waals surface area contributed by atoms with Crippen LogP contribution in [0.25, 0.3) is 0 Å². The van der Waals surface area contributed by atoms with Crippen molar-refractivity contribution in [3.63, 3.8) is 0 Å². The van der Waals surface area contributed by atoms with Gasteiger partial charge in [-0.3, -0.25) is 0 Å². The molecule has 2 rings (SSSR count). The third-order valence-electron chi connectivity index (χ3n) is 2.82. The summed E-state index contributed by atoms with van der Waals surface area (Å²) < 4.78 is 2.20. The van der Waals surface area contributed by atoms with E-state index in [0.29, 0.717) is 0 Å². The molecular weight excluding hydrogens is 374 g/mol. The fraction of sp³-hybridized carbons (Fsp3) is 0.286. The molecule has 0 amide bonds. The Morgan fingerprint density at radius 1 is 1.11 bits per heavy atom. The molecule has 0 spiro atoms. The first-order valence-corrected chi connectivity index (χ1v) is 8.37. The maximum atomic E-state index is 3.53. The number of benzene rings is 1. The van der Waals surface area contributed by atoms with E-state index in [1.54, 1.807) is 0 Å². The second kappa shape index (κ2) is 6.85. The number of halogens is 2. The van der Waals surface area contributed by atoms with Crippen LogP contribution in [0.15, 0.2) is 38.6 Å². The minimum absolute atomic E-state index is 0.896. The molecule has 1 nitrogen and oxygen atoms in total. The van der Waals surface area contributed by atoms with E-state index >= 15 is 0 Å². The van der Waals surface area contributed by atoms with Gasteiger partial charge in [-0.25, -0.2) is 0 Å². The van der Waals surface area contributed by atoms with E-state index in [0.717, 1.165) is 28.5 Å². The summed E-state index contributed by atoms with van der Waals surface area (Å²) >= 11 is 8.84. The predicted molar refractivity (Wildman–Crippen MR) is 86.1 cm³/mol. The largest absolute Gasteiger partial charge is 0.308 e. The number of hydrogen-bond donors (Lipinski definition) is 1. The molecule has 1 aromatic heterocycles. The van der Waals surface area contributed by atoms with Gasteiger partial charge in [-0.1, -0.05) is 13.0 Å². The van der Waals surface area contributed by atoms with Crippen LogP contribution in [0, 0.1) is 0 Å². The standard InChI is InChI=1S/C14H15Br2NS/c1-2-11-5-6-18-14(11)9-17-8-10-3-4-12(15)13(16)7-10/h3-7,17H,2,8-9H2,1H3. The van der Waals surface area contributed by atoms with E-state index in [-0.39, 0.29) is 0 Å². The second-order valence-electron chi connectivity index (χ2n) is 4.07. The van der Waals surface area contributed by atoms with E-state index in [1.807, 2.05) is 11.3 Å². The van der Waals surface area contributed by atoms with Gasteiger partial charge in [0.2, 0.25) is 0 Å². The highest BCUT2D eigenvalue weighted by molar-refractivity contribution is 9.13. The second-order valence-corrected chi connectivity index (χ2v) is 6.78. The summed E-state index contributed by atoms with van der Waals surface area (Å²) in [6.07, 6.45) is 1.12. The maximum absolute atomic E-state index is 3.53. The van der Waals surface area contributed by atoms with Crippen molar-refractivity contribution in [1.29, 1.82) is 0 Å². The highest BCUT2D eigenvalue weighted by atomic mass is 79.9. The first-order chi connectivity index (χ1) is 8.70. The van der Waals surface area contributed by atoms with Crippen molar-refractivity contribution >= 4 is 43.2 Å². The summed E-state index contributed by atoms with van der Waals surface area (Å²) in [4.78, 5) is 1.45. The van der Waals surface area contributed by atoms with Gasteiger partial charge in [0, 0.05) is 26.9 Å². The number of aryl methyl sites for hydroxylation is 1. The normalized spacial score (nSPS) is 10.8.